The Bertz CT molecular complexity index is 1490. The van der Waals surface area contributed by atoms with Crippen molar-refractivity contribution < 1.29 is 45.8 Å². The molecule has 0 bridgehead atoms. The van der Waals surface area contributed by atoms with E-state index in [2.05, 4.69) is 15.4 Å². The van der Waals surface area contributed by atoms with E-state index < -0.39 is 44.8 Å². The molecule has 2 aliphatic carbocycles. The molecule has 14 heteroatoms. The number of hydrogen-bond acceptors (Lipinski definition) is 6. The molecule has 47 heavy (non-hydrogen) atoms. The number of halogens is 3. The molecule has 2 fully saturated rings. The number of amides is 3. The third-order valence-electron chi connectivity index (χ3n) is 8.77. The molecule has 0 heterocycles. The van der Waals surface area contributed by atoms with Crippen LogP contribution in [0.4, 0.5) is 23.7 Å². The van der Waals surface area contributed by atoms with Crippen molar-refractivity contribution in [2.75, 3.05) is 18.1 Å². The Balaban J connectivity index is 0.00000600. The standard InChI is InChI=1S/C32H40F3N3O7S.CH4/c1-46(43,44)28-19-25(13-16-27(28)45-32(33,34)35)37-31(42)38(26-14-11-23(12-15-26)22-5-3-2-4-6-22)20-21-7-9-24(10-8-21)30(41)36-18-17-29(39)40;/h7-10,13,16,19,22-23,26H,2-6,11-12,14-15,17-18,20H2,1H3,(H,36,41)(H,37,42)(H,39,40);1H4. The van der Waals surface area contributed by atoms with Crippen molar-refractivity contribution in [3.8, 4) is 5.75 Å². The third kappa shape index (κ3) is 11.1. The zero-order valence-corrected chi connectivity index (χ0v) is 26.5. The molecule has 10 nitrogen and oxygen atoms in total. The fraction of sp³-hybridized carbons (Fsp3) is 0.545. The van der Waals surface area contributed by atoms with Crippen LogP contribution in [-0.4, -0.2) is 61.5 Å². The van der Waals surface area contributed by atoms with Crippen LogP contribution in [0.3, 0.4) is 0 Å². The summed E-state index contributed by atoms with van der Waals surface area (Å²) in [5.74, 6) is -1.06. The zero-order chi connectivity index (χ0) is 33.5. The highest BCUT2D eigenvalue weighted by molar-refractivity contribution is 7.90. The van der Waals surface area contributed by atoms with Crippen LogP contribution in [0.5, 0.6) is 5.75 Å². The quantitative estimate of drug-likeness (QED) is 0.232. The molecule has 2 aliphatic rings. The maximum Gasteiger partial charge on any atom is 0.573 e. The van der Waals surface area contributed by atoms with Gasteiger partial charge < -0.3 is 25.4 Å². The number of ether oxygens (including phenoxy) is 1. The molecular weight excluding hydrogens is 639 g/mol. The van der Waals surface area contributed by atoms with E-state index in [0.717, 1.165) is 55.7 Å². The van der Waals surface area contributed by atoms with Crippen LogP contribution in [0, 0.1) is 11.8 Å². The van der Waals surface area contributed by atoms with Crippen LogP contribution in [0.15, 0.2) is 47.4 Å². The van der Waals surface area contributed by atoms with E-state index in [1.54, 1.807) is 29.2 Å². The Hall–Kier alpha value is -3.81. The summed E-state index contributed by atoms with van der Waals surface area (Å²) in [6, 6.07) is 8.85. The Morgan fingerprint density at radius 1 is 0.936 bits per heavy atom. The van der Waals surface area contributed by atoms with Crippen molar-refractivity contribution in [3.63, 3.8) is 0 Å². The Morgan fingerprint density at radius 2 is 1.55 bits per heavy atom. The molecule has 0 radical (unpaired) electrons. The summed E-state index contributed by atoms with van der Waals surface area (Å²) in [4.78, 5) is 37.8. The molecule has 2 aromatic rings. The lowest BCUT2D eigenvalue weighted by molar-refractivity contribution is -0.275. The summed E-state index contributed by atoms with van der Waals surface area (Å²) >= 11 is 0. The molecule has 0 spiro atoms. The van der Waals surface area contributed by atoms with Crippen LogP contribution >= 0.6 is 0 Å². The van der Waals surface area contributed by atoms with Gasteiger partial charge in [0, 0.05) is 36.6 Å². The molecule has 0 saturated heterocycles. The van der Waals surface area contributed by atoms with E-state index >= 15 is 0 Å². The van der Waals surface area contributed by atoms with Crippen molar-refractivity contribution in [3.05, 3.63) is 53.6 Å². The first-order valence-corrected chi connectivity index (χ1v) is 17.3. The van der Waals surface area contributed by atoms with Crippen LogP contribution in [0.25, 0.3) is 0 Å². The minimum absolute atomic E-state index is 0. The number of carboxylic acids is 1. The monoisotopic (exact) mass is 683 g/mol. The smallest absolute Gasteiger partial charge is 0.481 e. The van der Waals surface area contributed by atoms with Gasteiger partial charge in [0.15, 0.2) is 9.84 Å². The summed E-state index contributed by atoms with van der Waals surface area (Å²) in [5.41, 5.74) is 1.04. The number of carbonyl (C=O) groups is 3. The van der Waals surface area contributed by atoms with Gasteiger partial charge in [0.2, 0.25) is 0 Å². The van der Waals surface area contributed by atoms with Gasteiger partial charge in [0.05, 0.1) is 6.42 Å². The average molecular weight is 684 g/mol. The summed E-state index contributed by atoms with van der Waals surface area (Å²) in [6.45, 7) is 0.150. The Morgan fingerprint density at radius 3 is 2.13 bits per heavy atom. The Kier molecular flexibility index (Phi) is 13.1. The number of aliphatic carboxylic acids is 1. The van der Waals surface area contributed by atoms with Gasteiger partial charge in [-0.2, -0.15) is 0 Å². The van der Waals surface area contributed by atoms with E-state index in [1.807, 2.05) is 0 Å². The predicted molar refractivity (Wildman–Crippen MR) is 171 cm³/mol. The van der Waals surface area contributed by atoms with Crippen LogP contribution in [0.2, 0.25) is 0 Å². The van der Waals surface area contributed by atoms with Crippen LogP contribution < -0.4 is 15.4 Å². The van der Waals surface area contributed by atoms with Crippen molar-refractivity contribution >= 4 is 33.4 Å². The highest BCUT2D eigenvalue weighted by atomic mass is 32.2. The second kappa shape index (κ2) is 16.3. The average Bonchev–Trinajstić information content (AvgIpc) is 3.00. The second-order valence-electron chi connectivity index (χ2n) is 12.1. The summed E-state index contributed by atoms with van der Waals surface area (Å²) in [6.07, 6.45) is 5.14. The number of nitrogens with zero attached hydrogens (tertiary/aromatic N) is 1. The van der Waals surface area contributed by atoms with Crippen molar-refractivity contribution in [2.45, 2.75) is 95.5 Å². The lowest BCUT2D eigenvalue weighted by Gasteiger charge is -2.40. The first kappa shape index (κ1) is 37.6. The highest BCUT2D eigenvalue weighted by Crippen LogP contribution is 2.40. The molecule has 3 amide bonds. The normalized spacial score (nSPS) is 18.8. The number of sulfone groups is 1. The lowest BCUT2D eigenvalue weighted by Crippen LogP contribution is -2.44. The van der Waals surface area contributed by atoms with E-state index in [-0.39, 0.29) is 38.7 Å². The number of urea groups is 1. The molecule has 4 rings (SSSR count). The lowest BCUT2D eigenvalue weighted by atomic mass is 9.72. The van der Waals surface area contributed by atoms with Gasteiger partial charge in [-0.3, -0.25) is 9.59 Å². The number of nitrogens with one attached hydrogen (secondary N) is 2. The van der Waals surface area contributed by atoms with E-state index in [0.29, 0.717) is 17.4 Å². The summed E-state index contributed by atoms with van der Waals surface area (Å²) < 4.78 is 67.2. The first-order valence-electron chi connectivity index (χ1n) is 15.5. The van der Waals surface area contributed by atoms with Crippen molar-refractivity contribution in [1.29, 1.82) is 0 Å². The molecule has 2 aromatic carbocycles. The van der Waals surface area contributed by atoms with Crippen LogP contribution in [-0.2, 0) is 21.2 Å². The number of anilines is 1. The molecule has 260 valence electrons. The minimum atomic E-state index is -5.10. The number of rotatable bonds is 11. The first-order chi connectivity index (χ1) is 21.7. The van der Waals surface area contributed by atoms with E-state index in [1.165, 1.54) is 32.1 Å². The predicted octanol–water partition coefficient (Wildman–Crippen LogP) is 7.00. The number of hydrogen-bond donors (Lipinski definition) is 3. The number of benzene rings is 2. The molecule has 0 aromatic heterocycles. The summed E-state index contributed by atoms with van der Waals surface area (Å²) in [7, 11) is -4.14. The Labute approximate surface area is 274 Å². The third-order valence-corrected chi connectivity index (χ3v) is 9.89. The van der Waals surface area contributed by atoms with Crippen LogP contribution in [0.1, 0.15) is 87.6 Å². The highest BCUT2D eigenvalue weighted by Gasteiger charge is 2.35. The van der Waals surface area contributed by atoms with Gasteiger partial charge in [-0.25, -0.2) is 13.2 Å². The number of carboxylic acid groups (broad SMARTS) is 1. The maximum atomic E-state index is 13.8. The van der Waals surface area contributed by atoms with Gasteiger partial charge in [0.25, 0.3) is 5.91 Å². The van der Waals surface area contributed by atoms with Gasteiger partial charge >= 0.3 is 18.4 Å². The van der Waals surface area contributed by atoms with E-state index in [9.17, 15) is 36.0 Å². The fourth-order valence-corrected chi connectivity index (χ4v) is 7.30. The molecule has 0 atom stereocenters. The van der Waals surface area contributed by atoms with Gasteiger partial charge in [-0.1, -0.05) is 51.7 Å². The number of alkyl halides is 3. The van der Waals surface area contributed by atoms with Gasteiger partial charge in [-0.15, -0.1) is 13.2 Å². The number of carbonyl (C=O) groups excluding carboxylic acids is 2. The molecular formula is C33H44F3N3O7S. The molecule has 3 N–H and O–H groups in total. The SMILES string of the molecule is C.CS(=O)(=O)c1cc(NC(=O)N(Cc2ccc(C(=O)NCCC(=O)O)cc2)C2CCC(C3CCCCC3)CC2)ccc1OC(F)(F)F. The largest absolute Gasteiger partial charge is 0.573 e. The maximum absolute atomic E-state index is 13.8. The van der Waals surface area contributed by atoms with Gasteiger partial charge in [0.1, 0.15) is 10.6 Å². The van der Waals surface area contributed by atoms with E-state index in [4.69, 9.17) is 5.11 Å². The molecule has 0 unspecified atom stereocenters. The minimum Gasteiger partial charge on any atom is -0.481 e. The van der Waals surface area contributed by atoms with Crippen molar-refractivity contribution in [1.82, 2.24) is 10.2 Å². The topological polar surface area (TPSA) is 142 Å². The van der Waals surface area contributed by atoms with Gasteiger partial charge in [-0.05, 0) is 73.4 Å². The second-order valence-corrected chi connectivity index (χ2v) is 14.1. The zero-order valence-electron chi connectivity index (χ0n) is 25.6. The van der Waals surface area contributed by atoms with Crippen molar-refractivity contribution in [2.24, 2.45) is 11.8 Å². The molecule has 0 aliphatic heterocycles. The molecule has 2 saturated carbocycles. The summed E-state index contributed by atoms with van der Waals surface area (Å²) in [5, 5.41) is 14.0. The fourth-order valence-electron chi connectivity index (χ4n) is 6.48.